The van der Waals surface area contributed by atoms with E-state index in [1.54, 1.807) is 4.90 Å². The van der Waals surface area contributed by atoms with Gasteiger partial charge in [-0.1, -0.05) is 78.9 Å². The third-order valence-corrected chi connectivity index (χ3v) is 5.54. The standard InChI is InChI=1S/C26H27N3O2/c30-25-18-23(20-29(25)24-14-8-3-9-15-24)27-26(31)28(19-22-12-6-2-7-13-22)17-16-21-10-4-1-5-11-21/h1-15,23H,16-20H2,(H,27,31). The number of carbonyl (C=O) groups excluding carboxylic acids is 2. The molecule has 0 spiro atoms. The highest BCUT2D eigenvalue weighted by Crippen LogP contribution is 2.21. The van der Waals surface area contributed by atoms with Crippen LogP contribution in [0.15, 0.2) is 91.0 Å². The second-order valence-corrected chi connectivity index (χ2v) is 7.83. The van der Waals surface area contributed by atoms with E-state index in [4.69, 9.17) is 0 Å². The molecular weight excluding hydrogens is 386 g/mol. The minimum absolute atomic E-state index is 0.0374. The van der Waals surface area contributed by atoms with Crippen molar-refractivity contribution in [3.05, 3.63) is 102 Å². The smallest absolute Gasteiger partial charge is 0.318 e. The van der Waals surface area contributed by atoms with Crippen molar-refractivity contribution in [2.75, 3.05) is 18.0 Å². The van der Waals surface area contributed by atoms with Crippen LogP contribution in [0.2, 0.25) is 0 Å². The van der Waals surface area contributed by atoms with Crippen molar-refractivity contribution in [3.8, 4) is 0 Å². The van der Waals surface area contributed by atoms with Crippen LogP contribution in [-0.2, 0) is 17.8 Å². The van der Waals surface area contributed by atoms with E-state index in [9.17, 15) is 9.59 Å². The van der Waals surface area contributed by atoms with Crippen LogP contribution in [0.4, 0.5) is 10.5 Å². The van der Waals surface area contributed by atoms with E-state index in [1.807, 2.05) is 83.8 Å². The summed E-state index contributed by atoms with van der Waals surface area (Å²) in [5.74, 6) is 0.0374. The first-order valence-corrected chi connectivity index (χ1v) is 10.7. The van der Waals surface area contributed by atoms with Gasteiger partial charge in [-0.25, -0.2) is 4.79 Å². The normalized spacial score (nSPS) is 15.7. The lowest BCUT2D eigenvalue weighted by Crippen LogP contribution is -2.46. The molecule has 3 aromatic rings. The second-order valence-electron chi connectivity index (χ2n) is 7.83. The number of hydrogen-bond acceptors (Lipinski definition) is 2. The minimum atomic E-state index is -0.199. The highest BCUT2D eigenvalue weighted by atomic mass is 16.2. The minimum Gasteiger partial charge on any atom is -0.333 e. The Bertz CT molecular complexity index is 993. The predicted molar refractivity (Wildman–Crippen MR) is 123 cm³/mol. The van der Waals surface area contributed by atoms with E-state index in [0.29, 0.717) is 26.1 Å². The van der Waals surface area contributed by atoms with Crippen LogP contribution < -0.4 is 10.2 Å². The SMILES string of the molecule is O=C(NC1CC(=O)N(c2ccccc2)C1)N(CCc1ccccc1)Cc1ccccc1. The molecule has 5 nitrogen and oxygen atoms in total. The number of carbonyl (C=O) groups is 2. The molecule has 1 aliphatic heterocycles. The average molecular weight is 414 g/mol. The van der Waals surface area contributed by atoms with E-state index < -0.39 is 0 Å². The van der Waals surface area contributed by atoms with E-state index >= 15 is 0 Å². The van der Waals surface area contributed by atoms with Crippen molar-refractivity contribution in [1.29, 1.82) is 0 Å². The van der Waals surface area contributed by atoms with Crippen molar-refractivity contribution in [2.45, 2.75) is 25.4 Å². The molecule has 0 aliphatic carbocycles. The van der Waals surface area contributed by atoms with E-state index in [2.05, 4.69) is 17.4 Å². The molecule has 4 rings (SSSR count). The van der Waals surface area contributed by atoms with Crippen LogP contribution in [0.3, 0.4) is 0 Å². The lowest BCUT2D eigenvalue weighted by Gasteiger charge is -2.25. The zero-order chi connectivity index (χ0) is 21.5. The van der Waals surface area contributed by atoms with Gasteiger partial charge in [-0.2, -0.15) is 0 Å². The molecule has 31 heavy (non-hydrogen) atoms. The maximum Gasteiger partial charge on any atom is 0.318 e. The molecule has 1 fully saturated rings. The van der Waals surface area contributed by atoms with Gasteiger partial charge in [0.25, 0.3) is 0 Å². The summed E-state index contributed by atoms with van der Waals surface area (Å²) in [5.41, 5.74) is 3.15. The third kappa shape index (κ3) is 5.51. The van der Waals surface area contributed by atoms with Gasteiger partial charge in [0.15, 0.2) is 0 Å². The molecular formula is C26H27N3O2. The number of nitrogens with zero attached hydrogens (tertiary/aromatic N) is 2. The predicted octanol–water partition coefficient (Wildman–Crippen LogP) is 4.25. The highest BCUT2D eigenvalue weighted by molar-refractivity contribution is 5.96. The molecule has 1 aliphatic rings. The average Bonchev–Trinajstić information content (AvgIpc) is 3.18. The van der Waals surface area contributed by atoms with Gasteiger partial charge >= 0.3 is 6.03 Å². The van der Waals surface area contributed by atoms with Crippen LogP contribution in [0.5, 0.6) is 0 Å². The fourth-order valence-corrected chi connectivity index (χ4v) is 3.89. The summed E-state index contributed by atoms with van der Waals surface area (Å²) in [7, 11) is 0. The quantitative estimate of drug-likeness (QED) is 0.630. The summed E-state index contributed by atoms with van der Waals surface area (Å²) < 4.78 is 0. The van der Waals surface area contributed by atoms with Crippen molar-refractivity contribution < 1.29 is 9.59 Å². The Morgan fingerprint density at radius 3 is 2.10 bits per heavy atom. The fourth-order valence-electron chi connectivity index (χ4n) is 3.89. The maximum absolute atomic E-state index is 13.2. The molecule has 5 heteroatoms. The zero-order valence-corrected chi connectivity index (χ0v) is 17.5. The van der Waals surface area contributed by atoms with Crippen LogP contribution in [-0.4, -0.2) is 36.0 Å². The molecule has 3 aromatic carbocycles. The molecule has 1 atom stereocenters. The van der Waals surface area contributed by atoms with Gasteiger partial charge in [-0.05, 0) is 29.7 Å². The van der Waals surface area contributed by atoms with E-state index in [-0.39, 0.29) is 18.0 Å². The molecule has 1 unspecified atom stereocenters. The van der Waals surface area contributed by atoms with Crippen molar-refractivity contribution in [1.82, 2.24) is 10.2 Å². The molecule has 0 saturated carbocycles. The van der Waals surface area contributed by atoms with Crippen LogP contribution in [0.25, 0.3) is 0 Å². The Balaban J connectivity index is 1.42. The zero-order valence-electron chi connectivity index (χ0n) is 17.5. The first-order chi connectivity index (χ1) is 15.2. The number of amides is 3. The number of anilines is 1. The van der Waals surface area contributed by atoms with E-state index in [0.717, 1.165) is 17.7 Å². The van der Waals surface area contributed by atoms with E-state index in [1.165, 1.54) is 5.56 Å². The molecule has 0 radical (unpaired) electrons. The monoisotopic (exact) mass is 413 g/mol. The number of nitrogens with one attached hydrogen (secondary N) is 1. The summed E-state index contributed by atoms with van der Waals surface area (Å²) in [5, 5.41) is 3.09. The second kappa shape index (κ2) is 9.94. The van der Waals surface area contributed by atoms with Crippen LogP contribution in [0, 0.1) is 0 Å². The van der Waals surface area contributed by atoms with Gasteiger partial charge < -0.3 is 15.1 Å². The van der Waals surface area contributed by atoms with Crippen LogP contribution >= 0.6 is 0 Å². The lowest BCUT2D eigenvalue weighted by molar-refractivity contribution is -0.117. The highest BCUT2D eigenvalue weighted by Gasteiger charge is 2.32. The Kier molecular flexibility index (Phi) is 6.62. The van der Waals surface area contributed by atoms with Crippen molar-refractivity contribution in [3.63, 3.8) is 0 Å². The summed E-state index contributed by atoms with van der Waals surface area (Å²) in [4.78, 5) is 29.2. The molecule has 1 N–H and O–H groups in total. The molecule has 0 aromatic heterocycles. The molecule has 158 valence electrons. The van der Waals surface area contributed by atoms with Crippen molar-refractivity contribution >= 4 is 17.6 Å². The van der Waals surface area contributed by atoms with Gasteiger partial charge in [0.05, 0.1) is 6.04 Å². The summed E-state index contributed by atoms with van der Waals surface area (Å²) >= 11 is 0. The van der Waals surface area contributed by atoms with Crippen LogP contribution in [0.1, 0.15) is 17.5 Å². The Morgan fingerprint density at radius 2 is 1.45 bits per heavy atom. The van der Waals surface area contributed by atoms with Gasteiger partial charge in [-0.3, -0.25) is 4.79 Å². The molecule has 0 bridgehead atoms. The number of rotatable bonds is 7. The Morgan fingerprint density at radius 1 is 0.871 bits per heavy atom. The topological polar surface area (TPSA) is 52.7 Å². The summed E-state index contributed by atoms with van der Waals surface area (Å²) in [6.45, 7) is 1.63. The van der Waals surface area contributed by atoms with Crippen molar-refractivity contribution in [2.24, 2.45) is 0 Å². The maximum atomic E-state index is 13.2. The third-order valence-electron chi connectivity index (χ3n) is 5.54. The number of benzene rings is 3. The van der Waals surface area contributed by atoms with Gasteiger partial charge in [0, 0.05) is 31.7 Å². The summed E-state index contributed by atoms with van der Waals surface area (Å²) in [6, 6.07) is 29.4. The number of hydrogen-bond donors (Lipinski definition) is 1. The first kappa shape index (κ1) is 20.7. The number of para-hydroxylation sites is 1. The van der Waals surface area contributed by atoms with Gasteiger partial charge in [0.1, 0.15) is 0 Å². The molecule has 1 heterocycles. The first-order valence-electron chi connectivity index (χ1n) is 10.7. The van der Waals surface area contributed by atoms with Gasteiger partial charge in [0.2, 0.25) is 5.91 Å². The lowest BCUT2D eigenvalue weighted by atomic mass is 10.1. The number of urea groups is 1. The molecule has 1 saturated heterocycles. The van der Waals surface area contributed by atoms with Gasteiger partial charge in [-0.15, -0.1) is 0 Å². The molecule has 3 amide bonds. The summed E-state index contributed by atoms with van der Waals surface area (Å²) in [6.07, 6.45) is 1.10. The fraction of sp³-hybridized carbons (Fsp3) is 0.231. The Labute approximate surface area is 183 Å². The largest absolute Gasteiger partial charge is 0.333 e. The Hall–Kier alpha value is -3.60.